The molecule has 0 spiro atoms. The first-order valence-electron chi connectivity index (χ1n) is 4.53. The van der Waals surface area contributed by atoms with Crippen molar-refractivity contribution in [1.29, 1.82) is 0 Å². The van der Waals surface area contributed by atoms with Gasteiger partial charge in [0.2, 0.25) is 0 Å². The molecule has 0 radical (unpaired) electrons. The van der Waals surface area contributed by atoms with Gasteiger partial charge in [0.1, 0.15) is 5.78 Å². The van der Waals surface area contributed by atoms with Gasteiger partial charge in [-0.25, -0.2) is 4.79 Å². The van der Waals surface area contributed by atoms with Gasteiger partial charge in [-0.1, -0.05) is 39.7 Å². The maximum absolute atomic E-state index is 11.3. The summed E-state index contributed by atoms with van der Waals surface area (Å²) in [7, 11) is 1.29. The van der Waals surface area contributed by atoms with E-state index in [1.54, 1.807) is 18.2 Å². The summed E-state index contributed by atoms with van der Waals surface area (Å²) in [5.41, 5.74) is 0.915. The van der Waals surface area contributed by atoms with Crippen molar-refractivity contribution in [1.82, 2.24) is 0 Å². The summed E-state index contributed by atoms with van der Waals surface area (Å²) in [4.78, 5) is 22.6. The highest BCUT2D eigenvalue weighted by molar-refractivity contribution is 9.09. The van der Waals surface area contributed by atoms with Crippen molar-refractivity contribution in [3.05, 3.63) is 34.3 Å². The number of ketones is 1. The number of methoxy groups -OCH3 is 1. The van der Waals surface area contributed by atoms with Crippen molar-refractivity contribution in [2.24, 2.45) is 0 Å². The number of hydrogen-bond acceptors (Lipinski definition) is 3. The number of esters is 1. The molecule has 3 nitrogen and oxygen atoms in total. The van der Waals surface area contributed by atoms with Gasteiger partial charge in [-0.2, -0.15) is 0 Å². The zero-order chi connectivity index (χ0) is 12.1. The molecule has 0 N–H and O–H groups in total. The Bertz CT molecular complexity index is 418. The van der Waals surface area contributed by atoms with Crippen LogP contribution < -0.4 is 0 Å². The molecule has 1 aromatic carbocycles. The average molecular weight is 306 g/mol. The highest BCUT2D eigenvalue weighted by atomic mass is 79.9. The van der Waals surface area contributed by atoms with E-state index in [0.29, 0.717) is 5.56 Å². The van der Waals surface area contributed by atoms with Crippen LogP contribution in [0.1, 0.15) is 15.9 Å². The first-order valence-corrected chi connectivity index (χ1v) is 6.03. The Kier molecular flexibility index (Phi) is 4.96. The normalized spacial score (nSPS) is 9.94. The van der Waals surface area contributed by atoms with Gasteiger partial charge < -0.3 is 4.74 Å². The lowest BCUT2D eigenvalue weighted by Crippen LogP contribution is -2.07. The quantitative estimate of drug-likeness (QED) is 0.634. The first kappa shape index (κ1) is 13.2. The molecule has 0 aliphatic heterocycles. The molecule has 1 rings (SSSR count). The number of carbonyl (C=O) groups excluding carboxylic acids is 2. The van der Waals surface area contributed by atoms with Gasteiger partial charge in [-0.05, 0) is 11.6 Å². The van der Waals surface area contributed by atoms with Gasteiger partial charge in [-0.15, -0.1) is 0 Å². The number of Topliss-reactive ketones (excluding diaryl/α,β-unsaturated/α-hetero) is 1. The Morgan fingerprint density at radius 1 is 1.44 bits per heavy atom. The molecule has 1 aromatic rings. The second-order valence-electron chi connectivity index (χ2n) is 3.12. The predicted molar refractivity (Wildman–Crippen MR) is 65.3 cm³/mol. The number of halogens is 2. The SMILES string of the molecule is COC(=O)c1cccc(CC(=O)CBr)c1Cl. The summed E-state index contributed by atoms with van der Waals surface area (Å²) in [6.45, 7) is 0. The smallest absolute Gasteiger partial charge is 0.339 e. The third kappa shape index (κ3) is 3.06. The molecule has 0 bridgehead atoms. The molecule has 0 aromatic heterocycles. The Labute approximate surface area is 107 Å². The predicted octanol–water partition coefficient (Wildman–Crippen LogP) is 2.63. The van der Waals surface area contributed by atoms with Crippen molar-refractivity contribution in [3.63, 3.8) is 0 Å². The molecule has 0 saturated heterocycles. The van der Waals surface area contributed by atoms with E-state index in [1.165, 1.54) is 7.11 Å². The van der Waals surface area contributed by atoms with E-state index >= 15 is 0 Å². The summed E-state index contributed by atoms with van der Waals surface area (Å²) in [5, 5.41) is 0.551. The number of benzene rings is 1. The summed E-state index contributed by atoms with van der Waals surface area (Å²) in [6, 6.07) is 4.96. The van der Waals surface area contributed by atoms with E-state index in [-0.39, 0.29) is 28.1 Å². The van der Waals surface area contributed by atoms with Crippen molar-refractivity contribution < 1.29 is 14.3 Å². The molecule has 0 aliphatic rings. The standard InChI is InChI=1S/C11H10BrClO3/c1-16-11(15)9-4-2-3-7(10(9)13)5-8(14)6-12/h2-4H,5-6H2,1H3. The van der Waals surface area contributed by atoms with Crippen molar-refractivity contribution in [2.45, 2.75) is 6.42 Å². The molecule has 5 heteroatoms. The van der Waals surface area contributed by atoms with Crippen LogP contribution in [0.2, 0.25) is 5.02 Å². The van der Waals surface area contributed by atoms with Crippen LogP contribution in [0.4, 0.5) is 0 Å². The van der Waals surface area contributed by atoms with Crippen LogP contribution in [0.5, 0.6) is 0 Å². The minimum atomic E-state index is -0.502. The Morgan fingerprint density at radius 3 is 2.69 bits per heavy atom. The highest BCUT2D eigenvalue weighted by Gasteiger charge is 2.14. The topological polar surface area (TPSA) is 43.4 Å². The molecule has 0 aliphatic carbocycles. The van der Waals surface area contributed by atoms with Gasteiger partial charge in [-0.3, -0.25) is 4.79 Å². The van der Waals surface area contributed by atoms with Crippen LogP contribution in [0, 0.1) is 0 Å². The Hall–Kier alpha value is -0.870. The molecule has 0 atom stereocenters. The zero-order valence-corrected chi connectivity index (χ0v) is 11.0. The molecular formula is C11H10BrClO3. The van der Waals surface area contributed by atoms with Gasteiger partial charge in [0.25, 0.3) is 0 Å². The van der Waals surface area contributed by atoms with E-state index in [0.717, 1.165) is 0 Å². The average Bonchev–Trinajstić information content (AvgIpc) is 2.30. The van der Waals surface area contributed by atoms with Gasteiger partial charge in [0.05, 0.1) is 23.0 Å². The van der Waals surface area contributed by atoms with E-state index < -0.39 is 5.97 Å². The molecule has 86 valence electrons. The summed E-state index contributed by atoms with van der Waals surface area (Å²) in [5.74, 6) is -0.498. The largest absolute Gasteiger partial charge is 0.465 e. The second kappa shape index (κ2) is 6.01. The number of carbonyl (C=O) groups is 2. The number of rotatable bonds is 4. The maximum Gasteiger partial charge on any atom is 0.339 e. The summed E-state index contributed by atoms with van der Waals surface area (Å²) < 4.78 is 4.59. The van der Waals surface area contributed by atoms with E-state index in [2.05, 4.69) is 20.7 Å². The molecule has 0 heterocycles. The van der Waals surface area contributed by atoms with E-state index in [9.17, 15) is 9.59 Å². The molecule has 0 unspecified atom stereocenters. The van der Waals surface area contributed by atoms with Crippen LogP contribution >= 0.6 is 27.5 Å². The second-order valence-corrected chi connectivity index (χ2v) is 4.06. The summed E-state index contributed by atoms with van der Waals surface area (Å²) >= 11 is 9.09. The monoisotopic (exact) mass is 304 g/mol. The Balaban J connectivity index is 3.04. The van der Waals surface area contributed by atoms with Crippen LogP contribution in [-0.2, 0) is 16.0 Å². The third-order valence-corrected chi connectivity index (χ3v) is 3.09. The maximum atomic E-state index is 11.3. The number of ether oxygens (including phenoxy) is 1. The van der Waals surface area contributed by atoms with Crippen LogP contribution in [0.15, 0.2) is 18.2 Å². The minimum absolute atomic E-state index is 0.00363. The number of hydrogen-bond donors (Lipinski definition) is 0. The lowest BCUT2D eigenvalue weighted by molar-refractivity contribution is -0.115. The molecule has 0 saturated carbocycles. The van der Waals surface area contributed by atoms with Crippen molar-refractivity contribution in [2.75, 3.05) is 12.4 Å². The Morgan fingerprint density at radius 2 is 2.12 bits per heavy atom. The lowest BCUT2D eigenvalue weighted by Gasteiger charge is -2.06. The van der Waals surface area contributed by atoms with Gasteiger partial charge >= 0.3 is 5.97 Å². The lowest BCUT2D eigenvalue weighted by atomic mass is 10.1. The third-order valence-electron chi connectivity index (χ3n) is 2.02. The van der Waals surface area contributed by atoms with Crippen molar-refractivity contribution in [3.8, 4) is 0 Å². The van der Waals surface area contributed by atoms with Gasteiger partial charge in [0.15, 0.2) is 0 Å². The highest BCUT2D eigenvalue weighted by Crippen LogP contribution is 2.22. The molecule has 0 fully saturated rings. The molecule has 16 heavy (non-hydrogen) atoms. The molecular weight excluding hydrogens is 295 g/mol. The van der Waals surface area contributed by atoms with Crippen LogP contribution in [-0.4, -0.2) is 24.2 Å². The fourth-order valence-electron chi connectivity index (χ4n) is 1.24. The minimum Gasteiger partial charge on any atom is -0.465 e. The molecule has 0 amide bonds. The van der Waals surface area contributed by atoms with Crippen molar-refractivity contribution >= 4 is 39.3 Å². The van der Waals surface area contributed by atoms with Gasteiger partial charge in [0, 0.05) is 6.42 Å². The first-order chi connectivity index (χ1) is 7.60. The zero-order valence-electron chi connectivity index (χ0n) is 8.63. The fourth-order valence-corrected chi connectivity index (χ4v) is 1.71. The fraction of sp³-hybridized carbons (Fsp3) is 0.273. The van der Waals surface area contributed by atoms with Crippen LogP contribution in [0.3, 0.4) is 0 Å². The van der Waals surface area contributed by atoms with E-state index in [4.69, 9.17) is 11.6 Å². The van der Waals surface area contributed by atoms with E-state index in [1.807, 2.05) is 0 Å². The number of alkyl halides is 1. The van der Waals surface area contributed by atoms with Crippen LogP contribution in [0.25, 0.3) is 0 Å². The summed E-state index contributed by atoms with van der Waals surface area (Å²) in [6.07, 6.45) is 0.203.